The molecule has 0 amide bonds. The number of aromatic nitrogens is 2. The Balaban J connectivity index is 0.00000156. The van der Waals surface area contributed by atoms with E-state index in [2.05, 4.69) is 34.6 Å². The normalized spacial score (nSPS) is 10.1. The van der Waals surface area contributed by atoms with E-state index >= 15 is 0 Å². The first kappa shape index (κ1) is 21.2. The van der Waals surface area contributed by atoms with Crippen LogP contribution in [0.15, 0.2) is 65.7 Å². The highest BCUT2D eigenvalue weighted by Gasteiger charge is 2.09. The number of halogens is 2. The Morgan fingerprint density at radius 2 is 1.64 bits per heavy atom. The van der Waals surface area contributed by atoms with Crippen LogP contribution < -0.4 is 40.7 Å². The van der Waals surface area contributed by atoms with Crippen molar-refractivity contribution in [2.45, 2.75) is 19.4 Å². The molecule has 0 aliphatic carbocycles. The van der Waals surface area contributed by atoms with Crippen molar-refractivity contribution in [2.75, 3.05) is 13.1 Å². The van der Waals surface area contributed by atoms with Gasteiger partial charge in [-0.25, -0.2) is 9.78 Å². The number of quaternary nitrogens is 1. The van der Waals surface area contributed by atoms with Gasteiger partial charge in [0.05, 0.1) is 19.6 Å². The summed E-state index contributed by atoms with van der Waals surface area (Å²) >= 11 is 0. The van der Waals surface area contributed by atoms with Crippen molar-refractivity contribution in [2.24, 2.45) is 0 Å². The lowest BCUT2D eigenvalue weighted by molar-refractivity contribution is -0.654. The molecule has 0 bridgehead atoms. The molecular formula is C19H23Cl2N3O. The number of aromatic amines is 1. The lowest BCUT2D eigenvalue weighted by atomic mass is 10.1. The van der Waals surface area contributed by atoms with Gasteiger partial charge in [0.1, 0.15) is 10.9 Å². The number of benzene rings is 2. The minimum Gasteiger partial charge on any atom is -1.00 e. The molecule has 134 valence electrons. The first-order valence-corrected chi connectivity index (χ1v) is 8.20. The molecule has 0 aliphatic rings. The number of aryl methyl sites for hydroxylation is 1. The zero-order valence-electron chi connectivity index (χ0n) is 14.0. The van der Waals surface area contributed by atoms with Crippen LogP contribution in [0.25, 0.3) is 10.9 Å². The first-order valence-electron chi connectivity index (χ1n) is 8.20. The molecule has 0 atom stereocenters. The van der Waals surface area contributed by atoms with Gasteiger partial charge in [0, 0.05) is 12.8 Å². The number of nitrogens with zero attached hydrogens (tertiary/aromatic N) is 1. The molecule has 6 heteroatoms. The third-order valence-corrected chi connectivity index (χ3v) is 4.08. The van der Waals surface area contributed by atoms with Crippen molar-refractivity contribution in [3.05, 3.63) is 76.8 Å². The number of nitrogens with two attached hydrogens (primary N) is 1. The second-order valence-corrected chi connectivity index (χ2v) is 5.77. The Hall–Kier alpha value is -1.88. The molecule has 4 nitrogen and oxygen atoms in total. The van der Waals surface area contributed by atoms with Crippen LogP contribution in [-0.4, -0.2) is 17.7 Å². The minimum atomic E-state index is 0. The van der Waals surface area contributed by atoms with Crippen molar-refractivity contribution in [1.29, 1.82) is 0 Å². The van der Waals surface area contributed by atoms with Gasteiger partial charge < -0.3 is 30.1 Å². The third kappa shape index (κ3) is 5.85. The molecule has 0 saturated heterocycles. The number of nitrogens with one attached hydrogen (secondary N) is 1. The van der Waals surface area contributed by atoms with Crippen LogP contribution in [0.2, 0.25) is 0 Å². The Morgan fingerprint density at radius 3 is 2.44 bits per heavy atom. The topological polar surface area (TPSA) is 52.8 Å². The summed E-state index contributed by atoms with van der Waals surface area (Å²) in [5, 5.41) is 3.08. The number of rotatable bonds is 7. The van der Waals surface area contributed by atoms with Crippen molar-refractivity contribution in [1.82, 2.24) is 4.57 Å². The van der Waals surface area contributed by atoms with E-state index in [1.807, 2.05) is 30.3 Å². The summed E-state index contributed by atoms with van der Waals surface area (Å²) in [7, 11) is 0. The Labute approximate surface area is 160 Å². The van der Waals surface area contributed by atoms with Crippen molar-refractivity contribution in [3.63, 3.8) is 0 Å². The van der Waals surface area contributed by atoms with E-state index in [9.17, 15) is 4.79 Å². The van der Waals surface area contributed by atoms with E-state index in [4.69, 9.17) is 0 Å². The van der Waals surface area contributed by atoms with Gasteiger partial charge in [0.25, 0.3) is 0 Å². The largest absolute Gasteiger partial charge is 1.00 e. The number of para-hydroxylation sites is 1. The lowest BCUT2D eigenvalue weighted by Gasteiger charge is -2.02. The predicted octanol–water partition coefficient (Wildman–Crippen LogP) is -4.98. The van der Waals surface area contributed by atoms with E-state index in [1.165, 1.54) is 5.56 Å². The summed E-state index contributed by atoms with van der Waals surface area (Å²) in [6.07, 6.45) is 3.86. The summed E-state index contributed by atoms with van der Waals surface area (Å²) in [4.78, 5) is 15.6. The predicted molar refractivity (Wildman–Crippen MR) is 91.2 cm³/mol. The number of hydrogen-bond donors (Lipinski definition) is 1. The molecule has 0 fully saturated rings. The van der Waals surface area contributed by atoms with Crippen LogP contribution in [0.1, 0.15) is 12.0 Å². The number of fused-ring (bicyclic) bond motifs is 1. The minimum absolute atomic E-state index is 0. The van der Waals surface area contributed by atoms with Crippen molar-refractivity contribution >= 4 is 10.9 Å². The second kappa shape index (κ2) is 10.9. The van der Waals surface area contributed by atoms with Gasteiger partial charge in [-0.3, -0.25) is 0 Å². The maximum atomic E-state index is 12.4. The third-order valence-electron chi connectivity index (χ3n) is 4.08. The molecule has 25 heavy (non-hydrogen) atoms. The number of hydrogen-bond acceptors (Lipinski definition) is 1. The SMILES string of the molecule is O=c1c2ccccc2[nH+]cn1CCC[NH2+]CCc1ccccc1.[Cl-].[Cl-]. The van der Waals surface area contributed by atoms with Gasteiger partial charge in [-0.05, 0) is 17.7 Å². The highest BCUT2D eigenvalue weighted by Crippen LogP contribution is 2.01. The van der Waals surface area contributed by atoms with Crippen LogP contribution in [0.3, 0.4) is 0 Å². The molecule has 2 aromatic carbocycles. The monoisotopic (exact) mass is 379 g/mol. The van der Waals surface area contributed by atoms with Crippen LogP contribution in [0.5, 0.6) is 0 Å². The summed E-state index contributed by atoms with van der Waals surface area (Å²) in [5.41, 5.74) is 2.36. The standard InChI is InChI=1S/C19H21N3O.2ClH/c23-19-17-9-4-5-10-18(17)21-15-22(19)14-6-12-20-13-11-16-7-2-1-3-8-16;;/h1-5,7-10,15,20H,6,11-14H2;2*1H. The van der Waals surface area contributed by atoms with E-state index in [0.717, 1.165) is 43.4 Å². The average Bonchev–Trinajstić information content (AvgIpc) is 2.61. The Kier molecular flexibility index (Phi) is 9.21. The maximum absolute atomic E-state index is 12.4. The van der Waals surface area contributed by atoms with Gasteiger partial charge in [0.2, 0.25) is 6.33 Å². The van der Waals surface area contributed by atoms with Gasteiger partial charge in [-0.2, -0.15) is 4.57 Å². The summed E-state index contributed by atoms with van der Waals surface area (Å²) in [6.45, 7) is 2.87. The van der Waals surface area contributed by atoms with Crippen molar-refractivity contribution < 1.29 is 35.1 Å². The molecule has 0 unspecified atom stereocenters. The molecule has 3 rings (SSSR count). The highest BCUT2D eigenvalue weighted by atomic mass is 35.5. The molecule has 1 heterocycles. The lowest BCUT2D eigenvalue weighted by Crippen LogP contribution is -3.00. The smallest absolute Gasteiger partial charge is 0.345 e. The van der Waals surface area contributed by atoms with Crippen LogP contribution in [0.4, 0.5) is 0 Å². The van der Waals surface area contributed by atoms with Crippen LogP contribution in [0, 0.1) is 0 Å². The van der Waals surface area contributed by atoms with Gasteiger partial charge >= 0.3 is 5.56 Å². The summed E-state index contributed by atoms with van der Waals surface area (Å²) < 4.78 is 1.77. The quantitative estimate of drug-likeness (QED) is 0.411. The summed E-state index contributed by atoms with van der Waals surface area (Å²) in [5.74, 6) is 0. The fourth-order valence-electron chi connectivity index (χ4n) is 2.79. The molecule has 0 aliphatic heterocycles. The second-order valence-electron chi connectivity index (χ2n) is 5.77. The average molecular weight is 380 g/mol. The fraction of sp³-hybridized carbons (Fsp3) is 0.263. The molecular weight excluding hydrogens is 357 g/mol. The van der Waals surface area contributed by atoms with E-state index in [-0.39, 0.29) is 30.4 Å². The molecule has 3 aromatic rings. The number of H-pyrrole nitrogens is 1. The molecule has 0 radical (unpaired) electrons. The van der Waals surface area contributed by atoms with Crippen LogP contribution >= 0.6 is 0 Å². The zero-order chi connectivity index (χ0) is 15.9. The maximum Gasteiger partial charge on any atom is 0.345 e. The van der Waals surface area contributed by atoms with E-state index < -0.39 is 0 Å². The van der Waals surface area contributed by atoms with Gasteiger partial charge in [-0.15, -0.1) is 0 Å². The molecule has 1 aromatic heterocycles. The van der Waals surface area contributed by atoms with Gasteiger partial charge in [-0.1, -0.05) is 42.5 Å². The van der Waals surface area contributed by atoms with Crippen LogP contribution in [-0.2, 0) is 13.0 Å². The van der Waals surface area contributed by atoms with Gasteiger partial charge in [0.15, 0.2) is 0 Å². The molecule has 3 N–H and O–H groups in total. The fourth-order valence-corrected chi connectivity index (χ4v) is 2.79. The summed E-state index contributed by atoms with van der Waals surface area (Å²) in [6, 6.07) is 18.2. The molecule has 0 spiro atoms. The Morgan fingerprint density at radius 1 is 0.920 bits per heavy atom. The highest BCUT2D eigenvalue weighted by molar-refractivity contribution is 5.73. The van der Waals surface area contributed by atoms with Crippen molar-refractivity contribution in [3.8, 4) is 0 Å². The van der Waals surface area contributed by atoms with E-state index in [0.29, 0.717) is 0 Å². The molecule has 0 saturated carbocycles. The van der Waals surface area contributed by atoms with E-state index in [1.54, 1.807) is 10.9 Å². The Bertz CT molecular complexity index is 822. The first-order chi connectivity index (χ1) is 11.3. The zero-order valence-corrected chi connectivity index (χ0v) is 15.5.